The molecule has 0 atom stereocenters. The summed E-state index contributed by atoms with van der Waals surface area (Å²) in [4.78, 5) is 16.4. The van der Waals surface area contributed by atoms with Crippen LogP contribution in [0.3, 0.4) is 0 Å². The van der Waals surface area contributed by atoms with Crippen molar-refractivity contribution in [1.29, 1.82) is 0 Å². The van der Waals surface area contributed by atoms with E-state index in [0.29, 0.717) is 21.7 Å². The number of anilines is 1. The summed E-state index contributed by atoms with van der Waals surface area (Å²) >= 11 is 19.2. The summed E-state index contributed by atoms with van der Waals surface area (Å²) in [5.74, 6) is 1.11. The van der Waals surface area contributed by atoms with Gasteiger partial charge in [-0.25, -0.2) is 4.98 Å². The van der Waals surface area contributed by atoms with E-state index in [4.69, 9.17) is 39.5 Å². The van der Waals surface area contributed by atoms with E-state index in [2.05, 4.69) is 20.5 Å². The van der Waals surface area contributed by atoms with Gasteiger partial charge >= 0.3 is 0 Å². The average molecular weight is 458 g/mol. The maximum atomic E-state index is 12.2. The SMILES string of the molecule is Cc1cccc(OCc2nc(SCC(=O)Nc3c(Cl)cc(Cl)cc3Cl)n[nH]2)c1. The van der Waals surface area contributed by atoms with Crippen molar-refractivity contribution in [2.24, 2.45) is 0 Å². The minimum Gasteiger partial charge on any atom is -0.486 e. The molecule has 1 aromatic heterocycles. The molecular weight excluding hydrogens is 443 g/mol. The molecule has 0 spiro atoms. The summed E-state index contributed by atoms with van der Waals surface area (Å²) in [5.41, 5.74) is 1.43. The summed E-state index contributed by atoms with van der Waals surface area (Å²) in [7, 11) is 0. The Morgan fingerprint density at radius 2 is 1.96 bits per heavy atom. The molecule has 0 aliphatic heterocycles. The number of nitrogens with zero attached hydrogens (tertiary/aromatic N) is 2. The summed E-state index contributed by atoms with van der Waals surface area (Å²) in [6.45, 7) is 2.24. The minimum absolute atomic E-state index is 0.0886. The second-order valence-corrected chi connectivity index (χ2v) is 7.94. The molecule has 3 rings (SSSR count). The lowest BCUT2D eigenvalue weighted by atomic mass is 10.2. The second-order valence-electron chi connectivity index (χ2n) is 5.75. The molecule has 2 aromatic carbocycles. The van der Waals surface area contributed by atoms with Crippen LogP contribution >= 0.6 is 46.6 Å². The smallest absolute Gasteiger partial charge is 0.234 e. The number of nitrogens with one attached hydrogen (secondary N) is 2. The zero-order valence-corrected chi connectivity index (χ0v) is 17.7. The third kappa shape index (κ3) is 5.78. The molecule has 6 nitrogen and oxygen atoms in total. The van der Waals surface area contributed by atoms with Gasteiger partial charge in [0.2, 0.25) is 11.1 Å². The highest BCUT2D eigenvalue weighted by Gasteiger charge is 2.13. The zero-order valence-electron chi connectivity index (χ0n) is 14.6. The first-order valence-corrected chi connectivity index (χ1v) is 10.2. The number of ether oxygens (including phenoxy) is 1. The van der Waals surface area contributed by atoms with Crippen LogP contribution in [0.1, 0.15) is 11.4 Å². The lowest BCUT2D eigenvalue weighted by molar-refractivity contribution is -0.113. The van der Waals surface area contributed by atoms with E-state index in [1.807, 2.05) is 31.2 Å². The van der Waals surface area contributed by atoms with Crippen LogP contribution in [0.2, 0.25) is 15.1 Å². The van der Waals surface area contributed by atoms with Crippen molar-refractivity contribution < 1.29 is 9.53 Å². The van der Waals surface area contributed by atoms with Crippen molar-refractivity contribution in [3.63, 3.8) is 0 Å². The Bertz CT molecular complexity index is 973. The van der Waals surface area contributed by atoms with Crippen LogP contribution in [0.15, 0.2) is 41.6 Å². The van der Waals surface area contributed by atoms with Crippen molar-refractivity contribution >= 4 is 58.2 Å². The number of rotatable bonds is 7. The van der Waals surface area contributed by atoms with Gasteiger partial charge in [0.15, 0.2) is 5.82 Å². The van der Waals surface area contributed by atoms with Crippen LogP contribution in [0.25, 0.3) is 0 Å². The normalized spacial score (nSPS) is 10.7. The first-order chi connectivity index (χ1) is 13.4. The van der Waals surface area contributed by atoms with Crippen molar-refractivity contribution in [1.82, 2.24) is 15.2 Å². The number of amides is 1. The standard InChI is InChI=1S/C18H15Cl3N4O2S/c1-10-3-2-4-12(5-10)27-8-15-22-18(25-24-15)28-9-16(26)23-17-13(20)6-11(19)7-14(17)21/h2-7H,8-9H2,1H3,(H,23,26)(H,22,24,25). The predicted molar refractivity (Wildman–Crippen MR) is 113 cm³/mol. The van der Waals surface area contributed by atoms with Gasteiger partial charge in [0.25, 0.3) is 0 Å². The van der Waals surface area contributed by atoms with E-state index in [1.54, 1.807) is 0 Å². The molecule has 28 heavy (non-hydrogen) atoms. The van der Waals surface area contributed by atoms with E-state index in [-0.39, 0.29) is 28.3 Å². The van der Waals surface area contributed by atoms with E-state index < -0.39 is 0 Å². The second kappa shape index (κ2) is 9.52. The van der Waals surface area contributed by atoms with Crippen LogP contribution in [0.4, 0.5) is 5.69 Å². The Labute approximate surface area is 180 Å². The number of halogens is 3. The number of benzene rings is 2. The van der Waals surface area contributed by atoms with Crippen LogP contribution in [-0.2, 0) is 11.4 Å². The Kier molecular flexibility index (Phi) is 7.07. The largest absolute Gasteiger partial charge is 0.486 e. The van der Waals surface area contributed by atoms with Gasteiger partial charge in [-0.05, 0) is 36.8 Å². The van der Waals surface area contributed by atoms with Gasteiger partial charge in [0, 0.05) is 5.02 Å². The predicted octanol–water partition coefficient (Wildman–Crippen LogP) is 5.38. The molecule has 1 heterocycles. The summed E-state index contributed by atoms with van der Waals surface area (Å²) in [6.07, 6.45) is 0. The average Bonchev–Trinajstić information content (AvgIpc) is 3.09. The molecule has 3 aromatic rings. The molecule has 0 radical (unpaired) electrons. The molecule has 0 aliphatic rings. The molecule has 0 unspecified atom stereocenters. The van der Waals surface area contributed by atoms with E-state index in [1.165, 1.54) is 23.9 Å². The molecule has 0 aliphatic carbocycles. The molecule has 2 N–H and O–H groups in total. The fourth-order valence-electron chi connectivity index (χ4n) is 2.23. The van der Waals surface area contributed by atoms with Gasteiger partial charge in [-0.3, -0.25) is 9.89 Å². The molecule has 0 bridgehead atoms. The van der Waals surface area contributed by atoms with Crippen LogP contribution in [0, 0.1) is 6.92 Å². The lowest BCUT2D eigenvalue weighted by Gasteiger charge is -2.09. The highest BCUT2D eigenvalue weighted by molar-refractivity contribution is 7.99. The Morgan fingerprint density at radius 3 is 2.68 bits per heavy atom. The maximum absolute atomic E-state index is 12.2. The molecule has 0 saturated heterocycles. The fourth-order valence-corrected chi connectivity index (χ4v) is 3.76. The lowest BCUT2D eigenvalue weighted by Crippen LogP contribution is -2.14. The fraction of sp³-hybridized carbons (Fsp3) is 0.167. The first kappa shape index (κ1) is 20.8. The van der Waals surface area contributed by atoms with Crippen LogP contribution in [-0.4, -0.2) is 26.8 Å². The molecule has 0 saturated carbocycles. The van der Waals surface area contributed by atoms with Gasteiger partial charge in [0.05, 0.1) is 21.5 Å². The van der Waals surface area contributed by atoms with Gasteiger partial charge in [-0.2, -0.15) is 0 Å². The van der Waals surface area contributed by atoms with E-state index in [0.717, 1.165) is 11.3 Å². The van der Waals surface area contributed by atoms with E-state index >= 15 is 0 Å². The number of carbonyl (C=O) groups is 1. The van der Waals surface area contributed by atoms with Gasteiger partial charge in [-0.15, -0.1) is 5.10 Å². The van der Waals surface area contributed by atoms with Gasteiger partial charge in [-0.1, -0.05) is 58.7 Å². The maximum Gasteiger partial charge on any atom is 0.234 e. The number of hydrogen-bond acceptors (Lipinski definition) is 5. The molecule has 146 valence electrons. The van der Waals surface area contributed by atoms with Crippen LogP contribution < -0.4 is 10.1 Å². The number of hydrogen-bond donors (Lipinski definition) is 2. The Balaban J connectivity index is 1.51. The van der Waals surface area contributed by atoms with Crippen molar-refractivity contribution in [3.05, 3.63) is 62.9 Å². The molecule has 10 heteroatoms. The molecule has 1 amide bonds. The highest BCUT2D eigenvalue weighted by atomic mass is 35.5. The number of thioether (sulfide) groups is 1. The number of aromatic nitrogens is 3. The number of aryl methyl sites for hydroxylation is 1. The first-order valence-electron chi connectivity index (χ1n) is 8.08. The molecular formula is C18H15Cl3N4O2S. The third-order valence-corrected chi connectivity index (χ3v) is 5.14. The van der Waals surface area contributed by atoms with Gasteiger partial charge in [0.1, 0.15) is 12.4 Å². The number of H-pyrrole nitrogens is 1. The topological polar surface area (TPSA) is 79.9 Å². The molecule has 0 fully saturated rings. The van der Waals surface area contributed by atoms with Gasteiger partial charge < -0.3 is 10.1 Å². The van der Waals surface area contributed by atoms with Crippen molar-refractivity contribution in [3.8, 4) is 5.75 Å². The van der Waals surface area contributed by atoms with E-state index in [9.17, 15) is 4.79 Å². The minimum atomic E-state index is -0.293. The highest BCUT2D eigenvalue weighted by Crippen LogP contribution is 2.33. The third-order valence-electron chi connectivity index (χ3n) is 3.48. The van der Waals surface area contributed by atoms with Crippen molar-refractivity contribution in [2.75, 3.05) is 11.1 Å². The summed E-state index contributed by atoms with van der Waals surface area (Å²) in [6, 6.07) is 10.7. The van der Waals surface area contributed by atoms with Crippen molar-refractivity contribution in [2.45, 2.75) is 18.7 Å². The zero-order chi connectivity index (χ0) is 20.1. The summed E-state index contributed by atoms with van der Waals surface area (Å²) < 4.78 is 5.66. The number of carbonyl (C=O) groups excluding carboxylic acids is 1. The van der Waals surface area contributed by atoms with Crippen LogP contribution in [0.5, 0.6) is 5.75 Å². The quantitative estimate of drug-likeness (QED) is 0.465. The number of aromatic amines is 1. The summed E-state index contributed by atoms with van der Waals surface area (Å²) in [5, 5.41) is 10.9. The monoisotopic (exact) mass is 456 g/mol. The Morgan fingerprint density at radius 1 is 1.21 bits per heavy atom. The Hall–Kier alpha value is -1.93.